The lowest BCUT2D eigenvalue weighted by molar-refractivity contribution is 1.12. The Bertz CT molecular complexity index is 8.00. The first-order chi connectivity index (χ1) is 1.73. The average molecular weight is 74.1 g/mol. The lowest BCUT2D eigenvalue weighted by Gasteiger charge is -1.77. The first kappa shape index (κ1) is 4.43. The van der Waals surface area contributed by atoms with E-state index in [0.717, 1.165) is 0 Å². The zero-order valence-electron chi connectivity index (χ0n) is 3.02. The van der Waals surface area contributed by atoms with Gasteiger partial charge in [-0.05, 0) is 14.9 Å². The van der Waals surface area contributed by atoms with E-state index in [1.54, 1.807) is 0 Å². The van der Waals surface area contributed by atoms with Crippen LogP contribution < -0.4 is 0 Å². The van der Waals surface area contributed by atoms with Crippen LogP contribution in [0, 0.1) is 0 Å². The molecule has 0 aromatic rings. The van der Waals surface area contributed by atoms with E-state index in [1.165, 1.54) is 0 Å². The third-order valence-electron chi connectivity index (χ3n) is 0. The third kappa shape index (κ3) is 26.9. The highest BCUT2D eigenvalue weighted by Gasteiger charge is 1.70. The normalized spacial score (nSPS) is 9.00. The Kier molecular flexibility index (Phi) is 1.91. The maximum Gasteiger partial charge on any atom is -0.0182 e. The van der Waals surface area contributed by atoms with Gasteiger partial charge in [0.05, 0.1) is 0 Å². The summed E-state index contributed by atoms with van der Waals surface area (Å²) < 4.78 is 0. The van der Waals surface area contributed by atoms with E-state index in [1.807, 2.05) is 13.8 Å². The molecule has 0 aliphatic rings. The summed E-state index contributed by atoms with van der Waals surface area (Å²) in [5.74, 6) is 0. The molecule has 0 nitrogen and oxygen atoms in total. The molecule has 0 saturated carbocycles. The molecule has 0 aliphatic carbocycles. The van der Waals surface area contributed by atoms with Crippen LogP contribution in [0.1, 0.15) is 13.8 Å². The summed E-state index contributed by atoms with van der Waals surface area (Å²) in [6.45, 7) is 4.06. The maximum atomic E-state index is 3.97. The van der Waals surface area contributed by atoms with E-state index >= 15 is 0 Å². The minimum absolute atomic E-state index is 0.528. The van der Waals surface area contributed by atoms with E-state index in [2.05, 4.69) is 9.24 Å². The molecule has 0 spiro atoms. The lowest BCUT2D eigenvalue weighted by atomic mass is 10.6. The summed E-state index contributed by atoms with van der Waals surface area (Å²) in [5, 5.41) is 0. The van der Waals surface area contributed by atoms with Gasteiger partial charge >= 0.3 is 0 Å². The summed E-state index contributed by atoms with van der Waals surface area (Å²) in [5.41, 5.74) is 0.528. The molecule has 1 heteroatoms. The first-order valence-electron chi connectivity index (χ1n) is 1.41. The Balaban J connectivity index is 2.32. The highest BCUT2D eigenvalue weighted by molar-refractivity contribution is 7.17. The molecule has 24 valence electrons. The quantitative estimate of drug-likeness (QED) is 0.384. The summed E-state index contributed by atoms with van der Waals surface area (Å²) >= 11 is 0. The fourth-order valence-corrected chi connectivity index (χ4v) is 0. The Hall–Kier alpha value is 0.430. The largest absolute Gasteiger partial charge is 0.0581 e. The van der Waals surface area contributed by atoms with Crippen LogP contribution in [0.2, 0.25) is 0 Å². The molecule has 0 fully saturated rings. The topological polar surface area (TPSA) is 0 Å². The third-order valence-corrected chi connectivity index (χ3v) is 0. The van der Waals surface area contributed by atoms with Crippen LogP contribution in [0.15, 0.2) is 0 Å². The van der Waals surface area contributed by atoms with E-state index in [9.17, 15) is 0 Å². The molecule has 4 heavy (non-hydrogen) atoms. The molecule has 0 unspecified atom stereocenters. The lowest BCUT2D eigenvalue weighted by Crippen LogP contribution is -1.69. The number of hydrogen-bond acceptors (Lipinski definition) is 0. The molecule has 0 aromatic carbocycles. The van der Waals surface area contributed by atoms with Gasteiger partial charge in [0.1, 0.15) is 0 Å². The molecule has 0 heterocycles. The molecule has 0 amide bonds. The fourth-order valence-electron chi connectivity index (χ4n) is 0. The van der Waals surface area contributed by atoms with Crippen molar-refractivity contribution < 1.29 is 0 Å². The minimum Gasteiger partial charge on any atom is -0.0581 e. The van der Waals surface area contributed by atoms with Crippen molar-refractivity contribution in [3.8, 4) is 0 Å². The maximum absolute atomic E-state index is 3.97. The Morgan fingerprint density at radius 3 is 1.50 bits per heavy atom. The zero-order valence-corrected chi connectivity index (χ0v) is 3.92. The Labute approximate surface area is 29.8 Å². The van der Waals surface area contributed by atoms with Gasteiger partial charge in [-0.3, -0.25) is 0 Å². The summed E-state index contributed by atoms with van der Waals surface area (Å²) in [4.78, 5) is 0. The molecular weight excluding hydrogens is 67.0 g/mol. The van der Waals surface area contributed by atoms with Crippen molar-refractivity contribution in [2.75, 3.05) is 0 Å². The van der Waals surface area contributed by atoms with Crippen LogP contribution in [0.25, 0.3) is 0 Å². The highest BCUT2D eigenvalue weighted by atomic mass is 31.0. The number of rotatable bonds is 0. The van der Waals surface area contributed by atoms with Gasteiger partial charge in [0.25, 0.3) is 0 Å². The van der Waals surface area contributed by atoms with Crippen LogP contribution in [0.3, 0.4) is 0 Å². The predicted octanol–water partition coefficient (Wildman–Crippen LogP) is 1.81. The van der Waals surface area contributed by atoms with Crippen molar-refractivity contribution in [2.45, 2.75) is 19.5 Å². The van der Waals surface area contributed by atoms with Gasteiger partial charge in [-0.2, -0.15) is 0 Å². The second-order valence-electron chi connectivity index (χ2n) is 1.09. The van der Waals surface area contributed by atoms with Crippen molar-refractivity contribution in [3.63, 3.8) is 0 Å². The van der Waals surface area contributed by atoms with Crippen molar-refractivity contribution in [3.05, 3.63) is 0 Å². The van der Waals surface area contributed by atoms with Gasteiger partial charge in [-0.15, -0.1) is 0 Å². The van der Waals surface area contributed by atoms with Gasteiger partial charge in [-0.25, -0.2) is 0 Å². The van der Waals surface area contributed by atoms with Crippen LogP contribution in [0.4, 0.5) is 0 Å². The van der Waals surface area contributed by atoms with Gasteiger partial charge in [0.15, 0.2) is 0 Å². The first-order valence-corrected chi connectivity index (χ1v) is 1.93. The summed E-state index contributed by atoms with van der Waals surface area (Å²) in [6.07, 6.45) is 0. The van der Waals surface area contributed by atoms with Crippen LogP contribution >= 0.6 is 9.24 Å². The smallest absolute Gasteiger partial charge is 0.0182 e. The van der Waals surface area contributed by atoms with Gasteiger partial charge in [-0.1, -0.05) is 13.8 Å². The van der Waals surface area contributed by atoms with Gasteiger partial charge in [0.2, 0.25) is 0 Å². The molecule has 0 aliphatic heterocycles. The van der Waals surface area contributed by atoms with E-state index in [0.29, 0.717) is 5.66 Å². The summed E-state index contributed by atoms with van der Waals surface area (Å²) in [6, 6.07) is 0. The molecule has 0 rings (SSSR count). The number of hydrogen-bond donors (Lipinski definition) is 0. The molecule has 0 N–H and O–H groups in total. The summed E-state index contributed by atoms with van der Waals surface area (Å²) in [7, 11) is 3.97. The second kappa shape index (κ2) is 1.72. The fraction of sp³-hybridized carbons (Fsp3) is 1.00. The van der Waals surface area contributed by atoms with Crippen LogP contribution in [0.5, 0.6) is 0 Å². The van der Waals surface area contributed by atoms with Crippen molar-refractivity contribution in [2.24, 2.45) is 0 Å². The van der Waals surface area contributed by atoms with Crippen molar-refractivity contribution in [1.29, 1.82) is 0 Å². The molecule has 0 bridgehead atoms. The predicted molar refractivity (Wildman–Crippen MR) is 22.1 cm³/mol. The van der Waals surface area contributed by atoms with Crippen LogP contribution in [-0.4, -0.2) is 5.66 Å². The van der Waals surface area contributed by atoms with E-state index < -0.39 is 0 Å². The van der Waals surface area contributed by atoms with Gasteiger partial charge in [0, 0.05) is 0 Å². The molecule has 2 radical (unpaired) electrons. The molecule has 0 saturated heterocycles. The SMILES string of the molecule is CC(C)[P]. The Morgan fingerprint density at radius 1 is 1.50 bits per heavy atom. The standard InChI is InChI=1S/C3H7P/c1-3(2)4/h3H,1-2H3. The van der Waals surface area contributed by atoms with Gasteiger partial charge < -0.3 is 0 Å². The molecule has 0 aromatic heterocycles. The average Bonchev–Trinajstić information content (AvgIpc) is 0.811. The zero-order chi connectivity index (χ0) is 3.58. The van der Waals surface area contributed by atoms with E-state index in [4.69, 9.17) is 0 Å². The van der Waals surface area contributed by atoms with Crippen molar-refractivity contribution in [1.82, 2.24) is 0 Å². The molecular formula is C3H7P. The molecule has 0 atom stereocenters. The van der Waals surface area contributed by atoms with Crippen LogP contribution in [-0.2, 0) is 0 Å². The van der Waals surface area contributed by atoms with E-state index in [-0.39, 0.29) is 0 Å². The monoisotopic (exact) mass is 74.0 g/mol. The Morgan fingerprint density at radius 2 is 1.50 bits per heavy atom. The highest BCUT2D eigenvalue weighted by Crippen LogP contribution is 1.90. The van der Waals surface area contributed by atoms with Crippen molar-refractivity contribution >= 4 is 9.24 Å². The minimum atomic E-state index is 0.528. The second-order valence-corrected chi connectivity index (χ2v) is 2.13.